The molecule has 0 aromatic heterocycles. The Bertz CT molecular complexity index is 339. The van der Waals surface area contributed by atoms with Crippen molar-refractivity contribution < 1.29 is 13.6 Å². The maximum absolute atomic E-state index is 12.8. The van der Waals surface area contributed by atoms with E-state index < -0.39 is 11.6 Å². The van der Waals surface area contributed by atoms with Crippen LogP contribution in [0.15, 0.2) is 23.3 Å². The molecule has 0 aliphatic carbocycles. The molecule has 0 saturated heterocycles. The van der Waals surface area contributed by atoms with Crippen molar-refractivity contribution >= 4 is 12.6 Å². The topological polar surface area (TPSA) is 41.5 Å². The maximum atomic E-state index is 12.8. The minimum absolute atomic E-state index is 0.0191. The lowest BCUT2D eigenvalue weighted by Crippen LogP contribution is -2.01. The summed E-state index contributed by atoms with van der Waals surface area (Å²) in [5.41, 5.74) is 1.92. The van der Waals surface area contributed by atoms with E-state index in [0.29, 0.717) is 6.41 Å². The van der Waals surface area contributed by atoms with E-state index in [9.17, 15) is 13.6 Å². The molecule has 0 bridgehead atoms. The van der Waals surface area contributed by atoms with E-state index in [1.165, 1.54) is 0 Å². The van der Waals surface area contributed by atoms with Crippen LogP contribution in [-0.4, -0.2) is 12.6 Å². The average molecular weight is 184 g/mol. The summed E-state index contributed by atoms with van der Waals surface area (Å²) < 4.78 is 25.4. The number of carbonyl (C=O) groups is 1. The van der Waals surface area contributed by atoms with Crippen LogP contribution in [0.2, 0.25) is 0 Å². The van der Waals surface area contributed by atoms with Gasteiger partial charge in [0.1, 0.15) is 11.6 Å². The van der Waals surface area contributed by atoms with Gasteiger partial charge in [0.25, 0.3) is 0 Å². The Balaban J connectivity index is 2.86. The predicted molar refractivity (Wildman–Crippen MR) is 43.2 cm³/mol. The third kappa shape index (κ3) is 2.62. The van der Waals surface area contributed by atoms with E-state index in [1.807, 2.05) is 5.43 Å². The molecule has 0 unspecified atom stereocenters. The van der Waals surface area contributed by atoms with Gasteiger partial charge >= 0.3 is 0 Å². The van der Waals surface area contributed by atoms with Crippen molar-refractivity contribution in [3.05, 3.63) is 35.4 Å². The number of carbonyl (C=O) groups excluding carboxylic acids is 1. The van der Waals surface area contributed by atoms with Gasteiger partial charge in [0.05, 0.1) is 6.21 Å². The summed E-state index contributed by atoms with van der Waals surface area (Å²) >= 11 is 0. The summed E-state index contributed by atoms with van der Waals surface area (Å²) in [5, 5.41) is 3.31. The van der Waals surface area contributed by atoms with Crippen LogP contribution in [0.5, 0.6) is 0 Å². The minimum atomic E-state index is -0.599. The zero-order valence-corrected chi connectivity index (χ0v) is 6.50. The third-order valence-corrected chi connectivity index (χ3v) is 1.29. The van der Waals surface area contributed by atoms with Gasteiger partial charge in [-0.2, -0.15) is 5.10 Å². The molecule has 1 aromatic carbocycles. The predicted octanol–water partition coefficient (Wildman–Crippen LogP) is 1.04. The van der Waals surface area contributed by atoms with Gasteiger partial charge in [-0.15, -0.1) is 0 Å². The second kappa shape index (κ2) is 4.30. The third-order valence-electron chi connectivity index (χ3n) is 1.29. The summed E-state index contributed by atoms with van der Waals surface area (Å²) in [5.74, 6) is -1.16. The fraction of sp³-hybridized carbons (Fsp3) is 0. The first-order valence-corrected chi connectivity index (χ1v) is 3.41. The molecule has 3 nitrogen and oxygen atoms in total. The Kier molecular flexibility index (Phi) is 3.08. The summed E-state index contributed by atoms with van der Waals surface area (Å²) in [6, 6.07) is 2.96. The maximum Gasteiger partial charge on any atom is 0.227 e. The van der Waals surface area contributed by atoms with Crippen LogP contribution in [-0.2, 0) is 4.79 Å². The fourth-order valence-corrected chi connectivity index (χ4v) is 0.751. The number of hydrogen-bond acceptors (Lipinski definition) is 2. The van der Waals surface area contributed by atoms with Crippen LogP contribution in [0, 0.1) is 11.6 Å². The number of benzene rings is 1. The van der Waals surface area contributed by atoms with Crippen LogP contribution in [0.1, 0.15) is 5.56 Å². The Hall–Kier alpha value is -1.78. The minimum Gasteiger partial charge on any atom is -0.277 e. The lowest BCUT2D eigenvalue weighted by molar-refractivity contribution is -0.109. The molecular formula is C8H6F2N2O. The lowest BCUT2D eigenvalue weighted by atomic mass is 10.2. The molecule has 0 saturated carbocycles. The van der Waals surface area contributed by atoms with Gasteiger partial charge in [-0.3, -0.25) is 4.79 Å². The van der Waals surface area contributed by atoms with Gasteiger partial charge < -0.3 is 0 Å². The van der Waals surface area contributed by atoms with Crippen molar-refractivity contribution in [3.63, 3.8) is 0 Å². The summed E-state index contributed by atoms with van der Waals surface area (Å²) in [6.07, 6.45) is 1.35. The molecule has 0 heterocycles. The molecule has 0 aliphatic heterocycles. The monoisotopic (exact) mass is 184 g/mol. The molecule has 0 aliphatic rings. The van der Waals surface area contributed by atoms with Crippen LogP contribution >= 0.6 is 0 Å². The second-order valence-electron chi connectivity index (χ2n) is 2.17. The fourth-order valence-electron chi connectivity index (χ4n) is 0.751. The number of rotatable bonds is 3. The highest BCUT2D eigenvalue weighted by Gasteiger charge is 1.99. The normalized spacial score (nSPS) is 10.3. The van der Waals surface area contributed by atoms with Gasteiger partial charge in [-0.1, -0.05) is 0 Å². The second-order valence-corrected chi connectivity index (χ2v) is 2.17. The number of halogens is 2. The van der Waals surface area contributed by atoms with Gasteiger partial charge in [0.2, 0.25) is 6.41 Å². The number of hydrazone groups is 1. The molecule has 13 heavy (non-hydrogen) atoms. The van der Waals surface area contributed by atoms with E-state index >= 15 is 0 Å². The van der Waals surface area contributed by atoms with Crippen molar-refractivity contribution in [1.82, 2.24) is 5.43 Å². The standard InChI is InChI=1S/C8H6F2N2O/c9-7-1-2-8(10)6(3-7)4-11-12-5-13/h1-5H,(H,12,13)/b11-4+. The highest BCUT2D eigenvalue weighted by Crippen LogP contribution is 2.06. The first-order chi connectivity index (χ1) is 6.24. The van der Waals surface area contributed by atoms with Gasteiger partial charge in [0, 0.05) is 5.56 Å². The molecule has 0 atom stereocenters. The van der Waals surface area contributed by atoms with Crippen LogP contribution < -0.4 is 5.43 Å². The molecule has 1 rings (SSSR count). The Morgan fingerprint density at radius 2 is 2.15 bits per heavy atom. The molecule has 1 amide bonds. The molecule has 68 valence electrons. The van der Waals surface area contributed by atoms with Crippen molar-refractivity contribution in [2.24, 2.45) is 5.10 Å². The first kappa shape index (κ1) is 9.31. The van der Waals surface area contributed by atoms with Crippen LogP contribution in [0.4, 0.5) is 8.78 Å². The zero-order valence-electron chi connectivity index (χ0n) is 6.50. The number of hydrogen-bond donors (Lipinski definition) is 1. The van der Waals surface area contributed by atoms with Gasteiger partial charge in [0.15, 0.2) is 0 Å². The number of nitrogens with one attached hydrogen (secondary N) is 1. The highest BCUT2D eigenvalue weighted by atomic mass is 19.1. The van der Waals surface area contributed by atoms with Crippen molar-refractivity contribution in [2.45, 2.75) is 0 Å². The Labute approximate surface area is 73.1 Å². The van der Waals surface area contributed by atoms with E-state index in [0.717, 1.165) is 24.4 Å². The molecule has 1 aromatic rings. The number of nitrogens with zero attached hydrogens (tertiary/aromatic N) is 1. The molecule has 0 spiro atoms. The number of amides is 1. The molecular weight excluding hydrogens is 178 g/mol. The average Bonchev–Trinajstić information content (AvgIpc) is 2.11. The van der Waals surface area contributed by atoms with Crippen molar-refractivity contribution in [2.75, 3.05) is 0 Å². The summed E-state index contributed by atoms with van der Waals surface area (Å²) in [6.45, 7) is 0. The van der Waals surface area contributed by atoms with Gasteiger partial charge in [-0.25, -0.2) is 14.2 Å². The largest absolute Gasteiger partial charge is 0.277 e. The Morgan fingerprint density at radius 3 is 2.85 bits per heavy atom. The van der Waals surface area contributed by atoms with E-state index in [-0.39, 0.29) is 5.56 Å². The van der Waals surface area contributed by atoms with Gasteiger partial charge in [-0.05, 0) is 18.2 Å². The highest BCUT2D eigenvalue weighted by molar-refractivity contribution is 5.80. The van der Waals surface area contributed by atoms with Crippen molar-refractivity contribution in [3.8, 4) is 0 Å². The summed E-state index contributed by atoms with van der Waals surface area (Å²) in [4.78, 5) is 9.75. The van der Waals surface area contributed by atoms with E-state index in [2.05, 4.69) is 5.10 Å². The van der Waals surface area contributed by atoms with Crippen LogP contribution in [0.25, 0.3) is 0 Å². The SMILES string of the molecule is O=CN/N=C/c1cc(F)ccc1F. The molecule has 0 radical (unpaired) electrons. The van der Waals surface area contributed by atoms with E-state index in [1.54, 1.807) is 0 Å². The smallest absolute Gasteiger partial charge is 0.227 e. The molecule has 0 fully saturated rings. The van der Waals surface area contributed by atoms with Crippen LogP contribution in [0.3, 0.4) is 0 Å². The quantitative estimate of drug-likeness (QED) is 0.425. The lowest BCUT2D eigenvalue weighted by Gasteiger charge is -1.95. The first-order valence-electron chi connectivity index (χ1n) is 3.41. The molecule has 5 heteroatoms. The summed E-state index contributed by atoms with van der Waals surface area (Å²) in [7, 11) is 0. The van der Waals surface area contributed by atoms with E-state index in [4.69, 9.17) is 0 Å². The molecule has 1 N–H and O–H groups in total. The van der Waals surface area contributed by atoms with Crippen molar-refractivity contribution in [1.29, 1.82) is 0 Å². The zero-order chi connectivity index (χ0) is 9.68. The Morgan fingerprint density at radius 1 is 1.38 bits per heavy atom.